The molecule has 1 atom stereocenters. The Morgan fingerprint density at radius 3 is 1.45 bits per heavy atom. The van der Waals surface area contributed by atoms with E-state index in [1.807, 2.05) is 0 Å². The third-order valence-electron chi connectivity index (χ3n) is 4.45. The number of aliphatic hydroxyl groups excluding tert-OH is 1. The molecule has 0 aromatic carbocycles. The van der Waals surface area contributed by atoms with Crippen molar-refractivity contribution in [2.45, 2.75) is 116 Å². The fourth-order valence-corrected chi connectivity index (χ4v) is 3.01. The van der Waals surface area contributed by atoms with Gasteiger partial charge in [0.15, 0.2) is 0 Å². The third kappa shape index (κ3) is 16.3. The summed E-state index contributed by atoms with van der Waals surface area (Å²) in [6.07, 6.45) is 20.4. The van der Waals surface area contributed by atoms with Crippen LogP contribution in [0.3, 0.4) is 0 Å². The summed E-state index contributed by atoms with van der Waals surface area (Å²) in [7, 11) is 0. The van der Waals surface area contributed by atoms with Crippen LogP contribution in [0.2, 0.25) is 0 Å². The summed E-state index contributed by atoms with van der Waals surface area (Å²) in [6.45, 7) is 5.20. The SMILES string of the molecule is CCCCCCCCCC(CCCCCCCC)OCCO. The van der Waals surface area contributed by atoms with E-state index in [1.54, 1.807) is 0 Å². The van der Waals surface area contributed by atoms with Crippen LogP contribution >= 0.6 is 0 Å². The molecule has 0 saturated carbocycles. The summed E-state index contributed by atoms with van der Waals surface area (Å²) >= 11 is 0. The first-order valence-corrected chi connectivity index (χ1v) is 10.1. The Bertz CT molecular complexity index is 194. The van der Waals surface area contributed by atoms with Crippen LogP contribution in [0.4, 0.5) is 0 Å². The molecule has 0 radical (unpaired) electrons. The minimum absolute atomic E-state index is 0.157. The van der Waals surface area contributed by atoms with Crippen LogP contribution in [-0.4, -0.2) is 24.4 Å². The monoisotopic (exact) mass is 314 g/mol. The summed E-state index contributed by atoms with van der Waals surface area (Å²) in [6, 6.07) is 0. The maximum absolute atomic E-state index is 8.95. The molecule has 0 rings (SSSR count). The molecule has 2 nitrogen and oxygen atoms in total. The van der Waals surface area contributed by atoms with E-state index in [9.17, 15) is 0 Å². The van der Waals surface area contributed by atoms with E-state index in [4.69, 9.17) is 9.84 Å². The normalized spacial score (nSPS) is 12.7. The van der Waals surface area contributed by atoms with Gasteiger partial charge in [0.25, 0.3) is 0 Å². The van der Waals surface area contributed by atoms with Gasteiger partial charge in [-0.25, -0.2) is 0 Å². The van der Waals surface area contributed by atoms with Gasteiger partial charge in [0.1, 0.15) is 0 Å². The highest BCUT2D eigenvalue weighted by molar-refractivity contribution is 4.60. The Balaban J connectivity index is 3.56. The highest BCUT2D eigenvalue weighted by Crippen LogP contribution is 2.16. The van der Waals surface area contributed by atoms with E-state index in [1.165, 1.54) is 96.3 Å². The van der Waals surface area contributed by atoms with Crippen molar-refractivity contribution in [1.29, 1.82) is 0 Å². The Hall–Kier alpha value is -0.0800. The Labute approximate surface area is 140 Å². The van der Waals surface area contributed by atoms with Crippen LogP contribution in [0, 0.1) is 0 Å². The first-order valence-electron chi connectivity index (χ1n) is 10.1. The summed E-state index contributed by atoms with van der Waals surface area (Å²) in [4.78, 5) is 0. The van der Waals surface area contributed by atoms with Crippen molar-refractivity contribution in [1.82, 2.24) is 0 Å². The molecule has 0 bridgehead atoms. The second kappa shape index (κ2) is 19.0. The van der Waals surface area contributed by atoms with Crippen molar-refractivity contribution < 1.29 is 9.84 Å². The number of rotatable bonds is 18. The van der Waals surface area contributed by atoms with Gasteiger partial charge < -0.3 is 9.84 Å². The molecule has 22 heavy (non-hydrogen) atoms. The van der Waals surface area contributed by atoms with Crippen LogP contribution in [0.5, 0.6) is 0 Å². The molecule has 0 fully saturated rings. The van der Waals surface area contributed by atoms with E-state index in [-0.39, 0.29) is 6.61 Å². The molecule has 0 heterocycles. The molecule has 2 heteroatoms. The van der Waals surface area contributed by atoms with E-state index >= 15 is 0 Å². The molecule has 0 saturated heterocycles. The summed E-state index contributed by atoms with van der Waals surface area (Å²) in [5.74, 6) is 0. The zero-order chi connectivity index (χ0) is 16.3. The molecule has 0 aliphatic rings. The Kier molecular flexibility index (Phi) is 18.9. The van der Waals surface area contributed by atoms with Gasteiger partial charge in [-0.1, -0.05) is 97.3 Å². The first kappa shape index (κ1) is 21.9. The number of unbranched alkanes of at least 4 members (excludes halogenated alkanes) is 11. The molecule has 0 aliphatic carbocycles. The van der Waals surface area contributed by atoms with E-state index in [0.717, 1.165) is 0 Å². The first-order chi connectivity index (χ1) is 10.8. The largest absolute Gasteiger partial charge is 0.394 e. The quantitative estimate of drug-likeness (QED) is 0.303. The fraction of sp³-hybridized carbons (Fsp3) is 1.00. The highest BCUT2D eigenvalue weighted by atomic mass is 16.5. The number of aliphatic hydroxyl groups is 1. The second-order valence-corrected chi connectivity index (χ2v) is 6.68. The van der Waals surface area contributed by atoms with Crippen LogP contribution in [-0.2, 0) is 4.74 Å². The van der Waals surface area contributed by atoms with Gasteiger partial charge in [-0.05, 0) is 12.8 Å². The van der Waals surface area contributed by atoms with Crippen molar-refractivity contribution >= 4 is 0 Å². The molecule has 0 aromatic heterocycles. The smallest absolute Gasteiger partial charge is 0.0701 e. The molecule has 1 N–H and O–H groups in total. The number of hydrogen-bond donors (Lipinski definition) is 1. The van der Waals surface area contributed by atoms with E-state index < -0.39 is 0 Å². The molecule has 134 valence electrons. The predicted octanol–water partition coefficient (Wildman–Crippen LogP) is 6.26. The van der Waals surface area contributed by atoms with Gasteiger partial charge in [0.2, 0.25) is 0 Å². The van der Waals surface area contributed by atoms with Gasteiger partial charge in [0, 0.05) is 0 Å². The molecule has 1 unspecified atom stereocenters. The fourth-order valence-electron chi connectivity index (χ4n) is 3.01. The Morgan fingerprint density at radius 1 is 0.636 bits per heavy atom. The zero-order valence-corrected chi connectivity index (χ0v) is 15.5. The number of hydrogen-bond acceptors (Lipinski definition) is 2. The molecular weight excluding hydrogens is 272 g/mol. The second-order valence-electron chi connectivity index (χ2n) is 6.68. The minimum Gasteiger partial charge on any atom is -0.394 e. The van der Waals surface area contributed by atoms with Crippen molar-refractivity contribution in [2.75, 3.05) is 13.2 Å². The topological polar surface area (TPSA) is 29.5 Å². The summed E-state index contributed by atoms with van der Waals surface area (Å²) < 4.78 is 5.81. The Morgan fingerprint density at radius 2 is 1.05 bits per heavy atom. The maximum Gasteiger partial charge on any atom is 0.0701 e. The molecule has 0 spiro atoms. The van der Waals surface area contributed by atoms with Crippen molar-refractivity contribution in [3.05, 3.63) is 0 Å². The lowest BCUT2D eigenvalue weighted by Crippen LogP contribution is -2.15. The summed E-state index contributed by atoms with van der Waals surface area (Å²) in [5.41, 5.74) is 0. The standard InChI is InChI=1S/C20H42O2/c1-3-5-7-9-11-13-15-17-20(22-19-18-21)16-14-12-10-8-6-4-2/h20-21H,3-19H2,1-2H3. The van der Waals surface area contributed by atoms with Crippen LogP contribution in [0.15, 0.2) is 0 Å². The number of ether oxygens (including phenoxy) is 1. The van der Waals surface area contributed by atoms with E-state index in [2.05, 4.69) is 13.8 Å². The zero-order valence-electron chi connectivity index (χ0n) is 15.5. The highest BCUT2D eigenvalue weighted by Gasteiger charge is 2.08. The lowest BCUT2D eigenvalue weighted by molar-refractivity contribution is 0.0167. The predicted molar refractivity (Wildman–Crippen MR) is 97.4 cm³/mol. The van der Waals surface area contributed by atoms with Gasteiger partial charge in [0.05, 0.1) is 19.3 Å². The van der Waals surface area contributed by atoms with Crippen LogP contribution in [0.1, 0.15) is 110 Å². The maximum atomic E-state index is 8.95. The van der Waals surface area contributed by atoms with Crippen LogP contribution < -0.4 is 0 Å². The van der Waals surface area contributed by atoms with Gasteiger partial charge in [-0.15, -0.1) is 0 Å². The van der Waals surface area contributed by atoms with Gasteiger partial charge in [-0.2, -0.15) is 0 Å². The average molecular weight is 315 g/mol. The summed E-state index contributed by atoms with van der Waals surface area (Å²) in [5, 5.41) is 8.95. The minimum atomic E-state index is 0.157. The van der Waals surface area contributed by atoms with Crippen LogP contribution in [0.25, 0.3) is 0 Å². The average Bonchev–Trinajstić information content (AvgIpc) is 2.54. The molecule has 0 aliphatic heterocycles. The lowest BCUT2D eigenvalue weighted by Gasteiger charge is -2.17. The molecule has 0 aromatic rings. The lowest BCUT2D eigenvalue weighted by atomic mass is 10.0. The van der Waals surface area contributed by atoms with Gasteiger partial charge in [-0.3, -0.25) is 0 Å². The van der Waals surface area contributed by atoms with Gasteiger partial charge >= 0.3 is 0 Å². The van der Waals surface area contributed by atoms with Crippen molar-refractivity contribution in [2.24, 2.45) is 0 Å². The van der Waals surface area contributed by atoms with E-state index in [0.29, 0.717) is 12.7 Å². The molecular formula is C20H42O2. The molecule has 0 amide bonds. The third-order valence-corrected chi connectivity index (χ3v) is 4.45. The van der Waals surface area contributed by atoms with Crippen molar-refractivity contribution in [3.63, 3.8) is 0 Å². The van der Waals surface area contributed by atoms with Crippen molar-refractivity contribution in [3.8, 4) is 0 Å².